The van der Waals surface area contributed by atoms with Crippen molar-refractivity contribution in [1.82, 2.24) is 9.78 Å². The number of nitrogen functional groups attached to an aromatic ring is 1. The molecule has 0 bridgehead atoms. The molecular formula is C14H16BrN3O. The highest BCUT2D eigenvalue weighted by molar-refractivity contribution is 9.10. The van der Waals surface area contributed by atoms with Crippen LogP contribution in [-0.4, -0.2) is 16.4 Å². The van der Waals surface area contributed by atoms with Gasteiger partial charge in [-0.15, -0.1) is 0 Å². The molecule has 0 aliphatic heterocycles. The number of nitrogens with two attached hydrogens (primary N) is 1. The predicted molar refractivity (Wildman–Crippen MR) is 79.0 cm³/mol. The minimum Gasteiger partial charge on any atom is -0.492 e. The highest BCUT2D eigenvalue weighted by atomic mass is 79.9. The Bertz CT molecular complexity index is 605. The summed E-state index contributed by atoms with van der Waals surface area (Å²) >= 11 is 3.52. The molecule has 2 N–H and O–H groups in total. The van der Waals surface area contributed by atoms with Gasteiger partial charge in [0, 0.05) is 12.6 Å². The summed E-state index contributed by atoms with van der Waals surface area (Å²) in [6, 6.07) is 6.02. The van der Waals surface area contributed by atoms with E-state index in [0.717, 1.165) is 33.9 Å². The molecule has 1 saturated carbocycles. The van der Waals surface area contributed by atoms with Crippen LogP contribution in [0.3, 0.4) is 0 Å². The second kappa shape index (κ2) is 4.89. The van der Waals surface area contributed by atoms with E-state index < -0.39 is 0 Å². The molecule has 0 spiro atoms. The summed E-state index contributed by atoms with van der Waals surface area (Å²) in [7, 11) is 1.84. The summed E-state index contributed by atoms with van der Waals surface area (Å²) in [6.45, 7) is 0.796. The van der Waals surface area contributed by atoms with Crippen LogP contribution < -0.4 is 10.5 Å². The Labute approximate surface area is 120 Å². The quantitative estimate of drug-likeness (QED) is 0.940. The minimum atomic E-state index is 0.662. The first-order valence-electron chi connectivity index (χ1n) is 6.35. The number of aryl methyl sites for hydroxylation is 1. The van der Waals surface area contributed by atoms with Crippen LogP contribution in [-0.2, 0) is 7.05 Å². The van der Waals surface area contributed by atoms with Gasteiger partial charge >= 0.3 is 0 Å². The van der Waals surface area contributed by atoms with Crippen LogP contribution in [0.4, 0.5) is 5.82 Å². The average Bonchev–Trinajstić information content (AvgIpc) is 3.17. The number of aromatic nitrogens is 2. The molecule has 3 rings (SSSR count). The minimum absolute atomic E-state index is 0.662. The summed E-state index contributed by atoms with van der Waals surface area (Å²) in [4.78, 5) is 0. The lowest BCUT2D eigenvalue weighted by atomic mass is 10.1. The zero-order valence-corrected chi connectivity index (χ0v) is 12.4. The summed E-state index contributed by atoms with van der Waals surface area (Å²) in [5, 5.41) is 4.17. The smallest absolute Gasteiger partial charge is 0.134 e. The number of nitrogens with zero attached hydrogens (tertiary/aromatic N) is 2. The topological polar surface area (TPSA) is 53.1 Å². The fourth-order valence-electron chi connectivity index (χ4n) is 1.94. The number of halogens is 1. The molecule has 0 amide bonds. The van der Waals surface area contributed by atoms with Crippen molar-refractivity contribution in [3.63, 3.8) is 0 Å². The monoisotopic (exact) mass is 321 g/mol. The Morgan fingerprint density at radius 3 is 2.89 bits per heavy atom. The van der Waals surface area contributed by atoms with E-state index in [0.29, 0.717) is 5.82 Å². The fourth-order valence-corrected chi connectivity index (χ4v) is 2.30. The molecule has 1 aliphatic carbocycles. The summed E-state index contributed by atoms with van der Waals surface area (Å²) < 4.78 is 8.50. The van der Waals surface area contributed by atoms with Crippen LogP contribution in [0.1, 0.15) is 12.8 Å². The Morgan fingerprint density at radius 1 is 1.47 bits per heavy atom. The summed E-state index contributed by atoms with van der Waals surface area (Å²) in [6.07, 6.45) is 4.35. The highest BCUT2D eigenvalue weighted by Crippen LogP contribution is 2.35. The molecule has 19 heavy (non-hydrogen) atoms. The van der Waals surface area contributed by atoms with Crippen LogP contribution >= 0.6 is 15.9 Å². The standard InChI is InChI=1S/C14H16BrN3O/c1-18-14(16)11(7-17-18)10-4-5-12(15)13(6-10)19-8-9-2-3-9/h4-7,9H,2-3,8,16H2,1H3. The third-order valence-corrected chi connectivity index (χ3v) is 4.05. The molecule has 100 valence electrons. The van der Waals surface area contributed by atoms with Crippen molar-refractivity contribution >= 4 is 21.7 Å². The lowest BCUT2D eigenvalue weighted by molar-refractivity contribution is 0.298. The SMILES string of the molecule is Cn1ncc(-c2ccc(Br)c(OCC3CC3)c2)c1N. The van der Waals surface area contributed by atoms with E-state index in [1.165, 1.54) is 12.8 Å². The van der Waals surface area contributed by atoms with Gasteiger partial charge in [-0.05, 0) is 52.4 Å². The Hall–Kier alpha value is -1.49. The van der Waals surface area contributed by atoms with Crippen molar-refractivity contribution in [1.29, 1.82) is 0 Å². The van der Waals surface area contributed by atoms with Crippen LogP contribution in [0, 0.1) is 5.92 Å². The van der Waals surface area contributed by atoms with Gasteiger partial charge in [-0.2, -0.15) is 5.10 Å². The molecular weight excluding hydrogens is 306 g/mol. The van der Waals surface area contributed by atoms with Gasteiger partial charge in [0.05, 0.1) is 17.3 Å². The maximum atomic E-state index is 6.00. The average molecular weight is 322 g/mol. The van der Waals surface area contributed by atoms with Crippen LogP contribution in [0.15, 0.2) is 28.9 Å². The van der Waals surface area contributed by atoms with E-state index in [9.17, 15) is 0 Å². The maximum Gasteiger partial charge on any atom is 0.134 e. The van der Waals surface area contributed by atoms with Crippen molar-refractivity contribution in [3.05, 3.63) is 28.9 Å². The van der Waals surface area contributed by atoms with Crippen molar-refractivity contribution in [3.8, 4) is 16.9 Å². The third kappa shape index (κ3) is 2.61. The van der Waals surface area contributed by atoms with Crippen LogP contribution in [0.2, 0.25) is 0 Å². The Balaban J connectivity index is 1.89. The van der Waals surface area contributed by atoms with Crippen molar-refractivity contribution in [2.75, 3.05) is 12.3 Å². The first-order valence-corrected chi connectivity index (χ1v) is 7.14. The molecule has 1 fully saturated rings. The lowest BCUT2D eigenvalue weighted by Gasteiger charge is -2.09. The van der Waals surface area contributed by atoms with Gasteiger partial charge in [-0.3, -0.25) is 4.68 Å². The number of rotatable bonds is 4. The van der Waals surface area contributed by atoms with Crippen molar-refractivity contribution < 1.29 is 4.74 Å². The summed E-state index contributed by atoms with van der Waals surface area (Å²) in [5.41, 5.74) is 7.97. The number of hydrogen-bond acceptors (Lipinski definition) is 3. The van der Waals surface area contributed by atoms with Gasteiger partial charge in [0.1, 0.15) is 11.6 Å². The fraction of sp³-hybridized carbons (Fsp3) is 0.357. The van der Waals surface area contributed by atoms with Gasteiger partial charge in [0.2, 0.25) is 0 Å². The van der Waals surface area contributed by atoms with Crippen LogP contribution in [0.5, 0.6) is 5.75 Å². The van der Waals surface area contributed by atoms with Gasteiger partial charge in [0.15, 0.2) is 0 Å². The second-order valence-corrected chi connectivity index (χ2v) is 5.82. The molecule has 1 aliphatic rings. The summed E-state index contributed by atoms with van der Waals surface area (Å²) in [5.74, 6) is 2.27. The zero-order chi connectivity index (χ0) is 13.4. The van der Waals surface area contributed by atoms with E-state index >= 15 is 0 Å². The largest absolute Gasteiger partial charge is 0.492 e. The molecule has 1 aromatic carbocycles. The molecule has 1 heterocycles. The third-order valence-electron chi connectivity index (χ3n) is 3.40. The number of anilines is 1. The normalized spacial score (nSPS) is 14.6. The van der Waals surface area contributed by atoms with Crippen molar-refractivity contribution in [2.45, 2.75) is 12.8 Å². The van der Waals surface area contributed by atoms with Gasteiger partial charge in [0.25, 0.3) is 0 Å². The number of ether oxygens (including phenoxy) is 1. The van der Waals surface area contributed by atoms with Crippen molar-refractivity contribution in [2.24, 2.45) is 13.0 Å². The van der Waals surface area contributed by atoms with E-state index in [1.54, 1.807) is 10.9 Å². The van der Waals surface area contributed by atoms with Gasteiger partial charge in [-0.1, -0.05) is 6.07 Å². The first-order chi connectivity index (χ1) is 9.15. The maximum absolute atomic E-state index is 6.00. The molecule has 2 aromatic rings. The van der Waals surface area contributed by atoms with Gasteiger partial charge < -0.3 is 10.5 Å². The zero-order valence-electron chi connectivity index (χ0n) is 10.8. The number of benzene rings is 1. The molecule has 1 aromatic heterocycles. The molecule has 0 radical (unpaired) electrons. The first kappa shape index (κ1) is 12.5. The molecule has 4 nitrogen and oxygen atoms in total. The van der Waals surface area contributed by atoms with E-state index in [4.69, 9.17) is 10.5 Å². The highest BCUT2D eigenvalue weighted by Gasteiger charge is 2.22. The Kier molecular flexibility index (Phi) is 3.22. The van der Waals surface area contributed by atoms with E-state index in [-0.39, 0.29) is 0 Å². The molecule has 0 unspecified atom stereocenters. The molecule has 0 saturated heterocycles. The molecule has 0 atom stereocenters. The van der Waals surface area contributed by atoms with Crippen LogP contribution in [0.25, 0.3) is 11.1 Å². The van der Waals surface area contributed by atoms with Gasteiger partial charge in [-0.25, -0.2) is 0 Å². The Morgan fingerprint density at radius 2 is 2.26 bits per heavy atom. The molecule has 5 heteroatoms. The van der Waals surface area contributed by atoms with E-state index in [1.807, 2.05) is 25.2 Å². The predicted octanol–water partition coefficient (Wildman–Crippen LogP) is 3.22. The lowest BCUT2D eigenvalue weighted by Crippen LogP contribution is -2.00. The second-order valence-electron chi connectivity index (χ2n) is 4.97. The number of hydrogen-bond donors (Lipinski definition) is 1. The van der Waals surface area contributed by atoms with E-state index in [2.05, 4.69) is 21.0 Å².